The molecular formula is C18H16N2O. The Morgan fingerprint density at radius 3 is 2.29 bits per heavy atom. The summed E-state index contributed by atoms with van der Waals surface area (Å²) in [6, 6.07) is 17.3. The minimum absolute atomic E-state index is 0.112. The van der Waals surface area contributed by atoms with Crippen molar-refractivity contribution >= 4 is 5.91 Å². The average Bonchev–Trinajstić information content (AvgIpc) is 2.90. The fraction of sp³-hybridized carbons (Fsp3) is 0.111. The molecule has 0 radical (unpaired) electrons. The Labute approximate surface area is 123 Å². The van der Waals surface area contributed by atoms with Gasteiger partial charge in [0.2, 0.25) is 0 Å². The lowest BCUT2D eigenvalue weighted by Crippen LogP contribution is -2.14. The molecule has 0 spiro atoms. The molecule has 0 fully saturated rings. The first-order valence-electron chi connectivity index (χ1n) is 6.88. The first-order chi connectivity index (χ1) is 10.2. The number of rotatable bonds is 2. The van der Waals surface area contributed by atoms with E-state index in [1.807, 2.05) is 56.3 Å². The van der Waals surface area contributed by atoms with Gasteiger partial charge in [0.25, 0.3) is 5.91 Å². The summed E-state index contributed by atoms with van der Waals surface area (Å²) in [5, 5.41) is 4.26. The van der Waals surface area contributed by atoms with Crippen LogP contribution in [-0.2, 0) is 0 Å². The monoisotopic (exact) mass is 276 g/mol. The van der Waals surface area contributed by atoms with Gasteiger partial charge in [0.05, 0.1) is 11.9 Å². The van der Waals surface area contributed by atoms with Gasteiger partial charge < -0.3 is 0 Å². The fourth-order valence-electron chi connectivity index (χ4n) is 2.35. The number of aromatic nitrogens is 2. The van der Waals surface area contributed by atoms with Crippen molar-refractivity contribution in [3.8, 4) is 11.3 Å². The number of aryl methyl sites for hydroxylation is 2. The lowest BCUT2D eigenvalue weighted by atomic mass is 10.1. The Kier molecular flexibility index (Phi) is 3.40. The van der Waals surface area contributed by atoms with E-state index in [1.54, 1.807) is 18.3 Å². The van der Waals surface area contributed by atoms with Crippen molar-refractivity contribution in [2.75, 3.05) is 0 Å². The van der Waals surface area contributed by atoms with E-state index in [0.29, 0.717) is 5.56 Å². The maximum atomic E-state index is 12.6. The zero-order valence-corrected chi connectivity index (χ0v) is 12.1. The molecule has 0 unspecified atom stereocenters. The average molecular weight is 276 g/mol. The molecule has 3 aromatic rings. The molecule has 0 saturated heterocycles. The van der Waals surface area contributed by atoms with Crippen LogP contribution in [0.2, 0.25) is 0 Å². The molecule has 21 heavy (non-hydrogen) atoms. The summed E-state index contributed by atoms with van der Waals surface area (Å²) in [7, 11) is 0. The number of hydrogen-bond donors (Lipinski definition) is 0. The van der Waals surface area contributed by atoms with Gasteiger partial charge in [0.1, 0.15) is 0 Å². The highest BCUT2D eigenvalue weighted by molar-refractivity contribution is 5.98. The molecule has 3 heteroatoms. The highest BCUT2D eigenvalue weighted by Crippen LogP contribution is 2.24. The molecular weight excluding hydrogens is 260 g/mol. The molecule has 0 N–H and O–H groups in total. The first kappa shape index (κ1) is 13.3. The molecule has 0 aliphatic heterocycles. The minimum Gasteiger partial charge on any atom is -0.267 e. The van der Waals surface area contributed by atoms with Crippen LogP contribution in [-0.4, -0.2) is 15.7 Å². The second-order valence-corrected chi connectivity index (χ2v) is 5.13. The number of carbonyl (C=O) groups excluding carboxylic acids is 1. The first-order valence-corrected chi connectivity index (χ1v) is 6.88. The van der Waals surface area contributed by atoms with Gasteiger partial charge in [-0.05, 0) is 31.5 Å². The zero-order valence-electron chi connectivity index (χ0n) is 12.1. The van der Waals surface area contributed by atoms with Crippen LogP contribution in [0.5, 0.6) is 0 Å². The molecule has 3 nitrogen and oxygen atoms in total. The van der Waals surface area contributed by atoms with Crippen LogP contribution >= 0.6 is 0 Å². The molecule has 0 amide bonds. The van der Waals surface area contributed by atoms with Crippen LogP contribution in [0, 0.1) is 13.8 Å². The number of carbonyl (C=O) groups is 1. The van der Waals surface area contributed by atoms with Crippen molar-refractivity contribution in [2.45, 2.75) is 13.8 Å². The molecule has 1 heterocycles. The van der Waals surface area contributed by atoms with Crippen molar-refractivity contribution in [3.05, 3.63) is 77.5 Å². The predicted molar refractivity (Wildman–Crippen MR) is 83.3 cm³/mol. The van der Waals surface area contributed by atoms with Crippen LogP contribution < -0.4 is 0 Å². The second kappa shape index (κ2) is 5.37. The molecule has 3 rings (SSSR count). The van der Waals surface area contributed by atoms with E-state index >= 15 is 0 Å². The highest BCUT2D eigenvalue weighted by Gasteiger charge is 2.17. The summed E-state index contributed by atoms with van der Waals surface area (Å²) in [4.78, 5) is 12.6. The molecule has 0 aliphatic carbocycles. The molecule has 2 aromatic carbocycles. The Morgan fingerprint density at radius 2 is 1.62 bits per heavy atom. The van der Waals surface area contributed by atoms with E-state index in [-0.39, 0.29) is 5.91 Å². The number of benzene rings is 2. The number of hydrogen-bond acceptors (Lipinski definition) is 2. The van der Waals surface area contributed by atoms with Crippen molar-refractivity contribution in [1.82, 2.24) is 9.78 Å². The van der Waals surface area contributed by atoms with E-state index in [0.717, 1.165) is 16.8 Å². The van der Waals surface area contributed by atoms with Crippen molar-refractivity contribution in [2.24, 2.45) is 0 Å². The summed E-state index contributed by atoms with van der Waals surface area (Å²) < 4.78 is 1.48. The van der Waals surface area contributed by atoms with Gasteiger partial charge in [0.15, 0.2) is 0 Å². The van der Waals surface area contributed by atoms with Crippen LogP contribution in [0.3, 0.4) is 0 Å². The van der Waals surface area contributed by atoms with Gasteiger partial charge in [-0.15, -0.1) is 0 Å². The standard InChI is InChI=1S/C18H16N2O/c1-13-8-10-15(11-9-13)17-14(2)12-19-20(17)18(21)16-6-4-3-5-7-16/h3-12H,1-2H3. The SMILES string of the molecule is Cc1ccc(-c2c(C)cnn2C(=O)c2ccccc2)cc1. The van der Waals surface area contributed by atoms with E-state index in [1.165, 1.54) is 10.2 Å². The molecule has 0 atom stereocenters. The summed E-state index contributed by atoms with van der Waals surface area (Å²) in [5.74, 6) is -0.112. The minimum atomic E-state index is -0.112. The summed E-state index contributed by atoms with van der Waals surface area (Å²) in [6.45, 7) is 4.01. The van der Waals surface area contributed by atoms with Gasteiger partial charge in [-0.2, -0.15) is 9.78 Å². The van der Waals surface area contributed by atoms with Gasteiger partial charge >= 0.3 is 0 Å². The summed E-state index contributed by atoms with van der Waals surface area (Å²) in [6.07, 6.45) is 1.73. The van der Waals surface area contributed by atoms with Gasteiger partial charge in [-0.25, -0.2) is 0 Å². The normalized spacial score (nSPS) is 10.6. The summed E-state index contributed by atoms with van der Waals surface area (Å²) in [5.41, 5.74) is 4.66. The van der Waals surface area contributed by atoms with Crippen molar-refractivity contribution in [1.29, 1.82) is 0 Å². The molecule has 1 aromatic heterocycles. The molecule has 0 saturated carbocycles. The van der Waals surface area contributed by atoms with E-state index in [2.05, 4.69) is 5.10 Å². The third-order valence-electron chi connectivity index (χ3n) is 3.49. The molecule has 0 bridgehead atoms. The quantitative estimate of drug-likeness (QED) is 0.712. The van der Waals surface area contributed by atoms with Crippen molar-refractivity contribution < 1.29 is 4.79 Å². The third-order valence-corrected chi connectivity index (χ3v) is 3.49. The van der Waals surface area contributed by atoms with Crippen LogP contribution in [0.4, 0.5) is 0 Å². The van der Waals surface area contributed by atoms with Crippen LogP contribution in [0.15, 0.2) is 60.8 Å². The lowest BCUT2D eigenvalue weighted by molar-refractivity contribution is 0.0947. The van der Waals surface area contributed by atoms with Crippen LogP contribution in [0.1, 0.15) is 21.5 Å². The largest absolute Gasteiger partial charge is 0.278 e. The van der Waals surface area contributed by atoms with Crippen molar-refractivity contribution in [3.63, 3.8) is 0 Å². The van der Waals surface area contributed by atoms with E-state index < -0.39 is 0 Å². The summed E-state index contributed by atoms with van der Waals surface area (Å²) >= 11 is 0. The Morgan fingerprint density at radius 1 is 0.952 bits per heavy atom. The van der Waals surface area contributed by atoms with E-state index in [9.17, 15) is 4.79 Å². The molecule has 0 aliphatic rings. The topological polar surface area (TPSA) is 34.9 Å². The Balaban J connectivity index is 2.09. The zero-order chi connectivity index (χ0) is 14.8. The smallest absolute Gasteiger partial charge is 0.267 e. The number of nitrogens with zero attached hydrogens (tertiary/aromatic N) is 2. The van der Waals surface area contributed by atoms with Gasteiger partial charge in [-0.1, -0.05) is 48.0 Å². The third kappa shape index (κ3) is 2.50. The fourth-order valence-corrected chi connectivity index (χ4v) is 2.35. The maximum absolute atomic E-state index is 12.6. The predicted octanol–water partition coefficient (Wildman–Crippen LogP) is 3.86. The van der Waals surface area contributed by atoms with Crippen LogP contribution in [0.25, 0.3) is 11.3 Å². The Bertz CT molecular complexity index is 771. The lowest BCUT2D eigenvalue weighted by Gasteiger charge is -2.08. The second-order valence-electron chi connectivity index (χ2n) is 5.13. The maximum Gasteiger partial charge on any atom is 0.278 e. The van der Waals surface area contributed by atoms with Gasteiger partial charge in [-0.3, -0.25) is 4.79 Å². The van der Waals surface area contributed by atoms with Gasteiger partial charge in [0, 0.05) is 11.1 Å². The Hall–Kier alpha value is -2.68. The van der Waals surface area contributed by atoms with E-state index in [4.69, 9.17) is 0 Å². The molecule has 104 valence electrons. The highest BCUT2D eigenvalue weighted by atomic mass is 16.2.